The molecule has 2 atom stereocenters. The predicted molar refractivity (Wildman–Crippen MR) is 79.0 cm³/mol. The van der Waals surface area contributed by atoms with Crippen LogP contribution in [-0.2, 0) is 0 Å². The fourth-order valence-corrected chi connectivity index (χ4v) is 2.80. The molecule has 106 valence electrons. The summed E-state index contributed by atoms with van der Waals surface area (Å²) in [6.07, 6.45) is 4.29. The lowest BCUT2D eigenvalue weighted by atomic mass is 9.91. The van der Waals surface area contributed by atoms with Crippen molar-refractivity contribution in [1.29, 1.82) is 0 Å². The maximum absolute atomic E-state index is 11.3. The Morgan fingerprint density at radius 2 is 1.85 bits per heavy atom. The molecule has 2 aromatic rings. The molecule has 1 saturated carbocycles. The van der Waals surface area contributed by atoms with Gasteiger partial charge in [0, 0.05) is 17.8 Å². The average molecular weight is 274 g/mol. The van der Waals surface area contributed by atoms with E-state index in [4.69, 9.17) is 5.73 Å². The van der Waals surface area contributed by atoms with E-state index in [2.05, 4.69) is 15.3 Å². The molecule has 1 aliphatic rings. The minimum Gasteiger partial charge on any atom is -0.382 e. The first-order valence-electron chi connectivity index (χ1n) is 6.90. The SMILES string of the molecule is NC1CCCC(Nc2ccc3[nH]c(=O)c(=O)[nH]c3c2)C1. The van der Waals surface area contributed by atoms with Crippen LogP contribution in [0.15, 0.2) is 27.8 Å². The molecule has 1 heterocycles. The van der Waals surface area contributed by atoms with Gasteiger partial charge in [-0.15, -0.1) is 0 Å². The lowest BCUT2D eigenvalue weighted by Crippen LogP contribution is -2.34. The van der Waals surface area contributed by atoms with Crippen molar-refractivity contribution in [2.24, 2.45) is 5.73 Å². The second-order valence-corrected chi connectivity index (χ2v) is 5.44. The van der Waals surface area contributed by atoms with Gasteiger partial charge in [-0.05, 0) is 43.9 Å². The van der Waals surface area contributed by atoms with E-state index in [-0.39, 0.29) is 6.04 Å². The van der Waals surface area contributed by atoms with E-state index >= 15 is 0 Å². The van der Waals surface area contributed by atoms with E-state index in [1.54, 1.807) is 6.07 Å². The molecule has 2 unspecified atom stereocenters. The van der Waals surface area contributed by atoms with Crippen molar-refractivity contribution < 1.29 is 0 Å². The van der Waals surface area contributed by atoms with E-state index in [9.17, 15) is 9.59 Å². The van der Waals surface area contributed by atoms with Gasteiger partial charge in [0.25, 0.3) is 0 Å². The van der Waals surface area contributed by atoms with Crippen molar-refractivity contribution in [2.45, 2.75) is 37.8 Å². The van der Waals surface area contributed by atoms with Crippen LogP contribution in [0.3, 0.4) is 0 Å². The number of benzene rings is 1. The summed E-state index contributed by atoms with van der Waals surface area (Å²) in [6, 6.07) is 6.16. The minimum atomic E-state index is -0.630. The highest BCUT2D eigenvalue weighted by molar-refractivity contribution is 5.78. The molecular formula is C14H18N4O2. The molecule has 0 saturated heterocycles. The van der Waals surface area contributed by atoms with E-state index in [1.165, 1.54) is 0 Å². The number of H-pyrrole nitrogens is 2. The number of aromatic amines is 2. The number of hydrogen-bond acceptors (Lipinski definition) is 4. The van der Waals surface area contributed by atoms with Gasteiger partial charge in [-0.1, -0.05) is 0 Å². The molecule has 0 radical (unpaired) electrons. The standard InChI is InChI=1S/C14H18N4O2/c15-8-2-1-3-9(6-8)16-10-4-5-11-12(7-10)18-14(20)13(19)17-11/h4-5,7-9,16H,1-3,6,15H2,(H,17,19)(H,18,20). The quantitative estimate of drug-likeness (QED) is 0.611. The molecule has 0 aliphatic heterocycles. The second-order valence-electron chi connectivity index (χ2n) is 5.44. The zero-order valence-corrected chi connectivity index (χ0v) is 11.1. The predicted octanol–water partition coefficient (Wildman–Crippen LogP) is 0.898. The monoisotopic (exact) mass is 274 g/mol. The molecule has 6 heteroatoms. The van der Waals surface area contributed by atoms with Crippen LogP contribution in [0.4, 0.5) is 5.69 Å². The Balaban J connectivity index is 1.87. The van der Waals surface area contributed by atoms with Crippen molar-refractivity contribution in [3.8, 4) is 0 Å². The summed E-state index contributed by atoms with van der Waals surface area (Å²) in [5, 5.41) is 3.44. The van der Waals surface area contributed by atoms with Gasteiger partial charge >= 0.3 is 11.1 Å². The largest absolute Gasteiger partial charge is 0.382 e. The third-order valence-electron chi connectivity index (χ3n) is 3.81. The molecule has 1 fully saturated rings. The molecule has 0 bridgehead atoms. The van der Waals surface area contributed by atoms with Gasteiger partial charge in [-0.25, -0.2) is 0 Å². The van der Waals surface area contributed by atoms with Crippen LogP contribution in [0.5, 0.6) is 0 Å². The number of rotatable bonds is 2. The molecule has 3 rings (SSSR count). The summed E-state index contributed by atoms with van der Waals surface area (Å²) in [5.41, 5.74) is 6.90. The number of nitrogens with one attached hydrogen (secondary N) is 3. The first-order chi connectivity index (χ1) is 9.61. The molecule has 1 aromatic heterocycles. The van der Waals surface area contributed by atoms with E-state index < -0.39 is 11.1 Å². The average Bonchev–Trinajstić information content (AvgIpc) is 2.40. The zero-order chi connectivity index (χ0) is 14.1. The normalized spacial score (nSPS) is 22.9. The summed E-state index contributed by atoms with van der Waals surface area (Å²) < 4.78 is 0. The van der Waals surface area contributed by atoms with Gasteiger partial charge in [0.1, 0.15) is 0 Å². The number of fused-ring (bicyclic) bond motifs is 1. The fourth-order valence-electron chi connectivity index (χ4n) is 2.80. The van der Waals surface area contributed by atoms with Crippen LogP contribution >= 0.6 is 0 Å². The Bertz CT molecular complexity index is 734. The summed E-state index contributed by atoms with van der Waals surface area (Å²) in [4.78, 5) is 27.7. The molecular weight excluding hydrogens is 256 g/mol. The Morgan fingerprint density at radius 3 is 2.60 bits per heavy atom. The molecule has 20 heavy (non-hydrogen) atoms. The lowest BCUT2D eigenvalue weighted by Gasteiger charge is -2.28. The first-order valence-corrected chi connectivity index (χ1v) is 6.90. The van der Waals surface area contributed by atoms with Gasteiger partial charge in [0.15, 0.2) is 0 Å². The highest BCUT2D eigenvalue weighted by Gasteiger charge is 2.18. The van der Waals surface area contributed by atoms with Crippen LogP contribution in [0.1, 0.15) is 25.7 Å². The van der Waals surface area contributed by atoms with Gasteiger partial charge < -0.3 is 21.0 Å². The highest BCUT2D eigenvalue weighted by Crippen LogP contribution is 2.22. The second kappa shape index (κ2) is 5.13. The maximum atomic E-state index is 11.3. The van der Waals surface area contributed by atoms with Crippen LogP contribution in [-0.4, -0.2) is 22.1 Å². The van der Waals surface area contributed by atoms with Gasteiger partial charge in [0.2, 0.25) is 0 Å². The van der Waals surface area contributed by atoms with Crippen molar-refractivity contribution in [2.75, 3.05) is 5.32 Å². The highest BCUT2D eigenvalue weighted by atomic mass is 16.2. The number of nitrogens with two attached hydrogens (primary N) is 1. The summed E-state index contributed by atoms with van der Waals surface area (Å²) >= 11 is 0. The fraction of sp³-hybridized carbons (Fsp3) is 0.429. The Morgan fingerprint density at radius 1 is 1.10 bits per heavy atom. The van der Waals surface area contributed by atoms with Crippen molar-refractivity contribution >= 4 is 16.7 Å². The zero-order valence-electron chi connectivity index (χ0n) is 11.1. The summed E-state index contributed by atoms with van der Waals surface area (Å²) in [6.45, 7) is 0. The minimum absolute atomic E-state index is 0.262. The molecule has 5 N–H and O–H groups in total. The Labute approximate surface area is 115 Å². The smallest absolute Gasteiger partial charge is 0.314 e. The Hall–Kier alpha value is -2.08. The van der Waals surface area contributed by atoms with Crippen LogP contribution in [0.2, 0.25) is 0 Å². The molecule has 0 spiro atoms. The van der Waals surface area contributed by atoms with Crippen LogP contribution in [0.25, 0.3) is 11.0 Å². The molecule has 1 aromatic carbocycles. The van der Waals surface area contributed by atoms with Crippen LogP contribution in [0, 0.1) is 0 Å². The van der Waals surface area contributed by atoms with E-state index in [0.29, 0.717) is 17.1 Å². The van der Waals surface area contributed by atoms with Gasteiger partial charge in [0.05, 0.1) is 11.0 Å². The van der Waals surface area contributed by atoms with Crippen molar-refractivity contribution in [3.05, 3.63) is 38.9 Å². The van der Waals surface area contributed by atoms with Gasteiger partial charge in [-0.3, -0.25) is 9.59 Å². The van der Waals surface area contributed by atoms with Gasteiger partial charge in [-0.2, -0.15) is 0 Å². The number of hydrogen-bond donors (Lipinski definition) is 4. The topological polar surface area (TPSA) is 104 Å². The number of aromatic nitrogens is 2. The third kappa shape index (κ3) is 2.60. The third-order valence-corrected chi connectivity index (χ3v) is 3.81. The number of anilines is 1. The van der Waals surface area contributed by atoms with Crippen molar-refractivity contribution in [3.63, 3.8) is 0 Å². The maximum Gasteiger partial charge on any atom is 0.314 e. The summed E-state index contributed by atoms with van der Waals surface area (Å²) in [7, 11) is 0. The summed E-state index contributed by atoms with van der Waals surface area (Å²) in [5.74, 6) is 0. The lowest BCUT2D eigenvalue weighted by molar-refractivity contribution is 0.409. The Kier molecular flexibility index (Phi) is 3.31. The van der Waals surface area contributed by atoms with Crippen LogP contribution < -0.4 is 22.2 Å². The van der Waals surface area contributed by atoms with E-state index in [0.717, 1.165) is 31.4 Å². The first kappa shape index (κ1) is 12.9. The molecule has 6 nitrogen and oxygen atoms in total. The van der Waals surface area contributed by atoms with E-state index in [1.807, 2.05) is 12.1 Å². The van der Waals surface area contributed by atoms with Crippen molar-refractivity contribution in [1.82, 2.24) is 9.97 Å². The molecule has 1 aliphatic carbocycles. The molecule has 0 amide bonds.